The summed E-state index contributed by atoms with van der Waals surface area (Å²) in [5.41, 5.74) is 0.992. The van der Waals surface area contributed by atoms with Crippen LogP contribution in [0.15, 0.2) is 29.2 Å². The van der Waals surface area contributed by atoms with E-state index in [4.69, 9.17) is 4.74 Å². The molecule has 1 aliphatic rings. The number of Topliss-reactive ketones (excluding diaryl/α,β-unsaturated/α-hetero) is 2. The zero-order valence-corrected chi connectivity index (χ0v) is 21.5. The average Bonchev–Trinajstić information content (AvgIpc) is 3.14. The van der Waals surface area contributed by atoms with Gasteiger partial charge in [-0.1, -0.05) is 19.1 Å². The second-order valence-corrected chi connectivity index (χ2v) is 11.4. The van der Waals surface area contributed by atoms with Crippen LogP contribution in [0.3, 0.4) is 0 Å². The largest absolute Gasteiger partial charge is 0.462 e. The highest BCUT2D eigenvalue weighted by molar-refractivity contribution is 7.89. The molecule has 3 rings (SSSR count). The van der Waals surface area contributed by atoms with Crippen LogP contribution in [-0.4, -0.2) is 56.5 Å². The average molecular weight is 507 g/mol. The lowest BCUT2D eigenvalue weighted by atomic mass is 10.0. The molecule has 2 aromatic rings. The van der Waals surface area contributed by atoms with Crippen molar-refractivity contribution in [3.63, 3.8) is 0 Å². The van der Waals surface area contributed by atoms with Crippen LogP contribution in [0.5, 0.6) is 0 Å². The molecule has 1 aromatic carbocycles. The van der Waals surface area contributed by atoms with Crippen LogP contribution in [0.1, 0.15) is 69.6 Å². The van der Waals surface area contributed by atoms with Crippen LogP contribution in [0.2, 0.25) is 0 Å². The lowest BCUT2D eigenvalue weighted by Crippen LogP contribution is -2.39. The molecule has 1 aromatic heterocycles. The van der Waals surface area contributed by atoms with Crippen LogP contribution in [-0.2, 0) is 14.8 Å². The Labute approximate surface area is 204 Å². The minimum absolute atomic E-state index is 0.0884. The Hall–Kier alpha value is -2.56. The SMILES string of the molecule is CCOC(=O)c1c(NCC(=O)c2cccc(S(=O)(=O)N3CCCC(C)C3)c2)sc(C(C)=O)c1C. The number of carbonyl (C=O) groups is 3. The summed E-state index contributed by atoms with van der Waals surface area (Å²) in [5.74, 6) is -0.797. The number of carbonyl (C=O) groups excluding carboxylic acids is 3. The van der Waals surface area contributed by atoms with Crippen LogP contribution < -0.4 is 5.32 Å². The summed E-state index contributed by atoms with van der Waals surface area (Å²) in [4.78, 5) is 37.8. The molecular weight excluding hydrogens is 476 g/mol. The van der Waals surface area contributed by atoms with Gasteiger partial charge in [0.25, 0.3) is 0 Å². The smallest absolute Gasteiger partial charge is 0.341 e. The van der Waals surface area contributed by atoms with Gasteiger partial charge in [0, 0.05) is 18.7 Å². The molecule has 10 heteroatoms. The Balaban J connectivity index is 1.81. The molecule has 0 aliphatic carbocycles. The lowest BCUT2D eigenvalue weighted by molar-refractivity contribution is 0.0527. The molecule has 34 heavy (non-hydrogen) atoms. The molecule has 1 N–H and O–H groups in total. The van der Waals surface area contributed by atoms with Crippen molar-refractivity contribution in [3.05, 3.63) is 45.8 Å². The fourth-order valence-electron chi connectivity index (χ4n) is 4.03. The number of thiophene rings is 1. The lowest BCUT2D eigenvalue weighted by Gasteiger charge is -2.30. The molecule has 0 amide bonds. The molecule has 1 unspecified atom stereocenters. The number of ether oxygens (including phenoxy) is 1. The predicted molar refractivity (Wildman–Crippen MR) is 131 cm³/mol. The van der Waals surface area contributed by atoms with Crippen molar-refractivity contribution < 1.29 is 27.5 Å². The summed E-state index contributed by atoms with van der Waals surface area (Å²) < 4.78 is 32.8. The third-order valence-electron chi connectivity index (χ3n) is 5.77. The Bertz CT molecular complexity index is 1200. The van der Waals surface area contributed by atoms with Gasteiger partial charge in [0.15, 0.2) is 11.6 Å². The molecule has 1 atom stereocenters. The molecule has 1 fully saturated rings. The first-order valence-electron chi connectivity index (χ1n) is 11.2. The molecule has 0 saturated carbocycles. The predicted octanol–water partition coefficient (Wildman–Crippen LogP) is 4.15. The molecule has 1 aliphatic heterocycles. The highest BCUT2D eigenvalue weighted by Crippen LogP contribution is 2.34. The van der Waals surface area contributed by atoms with E-state index in [-0.39, 0.29) is 40.7 Å². The van der Waals surface area contributed by atoms with E-state index in [1.54, 1.807) is 26.0 Å². The van der Waals surface area contributed by atoms with E-state index in [1.165, 1.54) is 23.4 Å². The van der Waals surface area contributed by atoms with Crippen molar-refractivity contribution in [1.82, 2.24) is 4.31 Å². The summed E-state index contributed by atoms with van der Waals surface area (Å²) in [6, 6.07) is 6.01. The molecular formula is C24H30N2O6S2. The summed E-state index contributed by atoms with van der Waals surface area (Å²) in [5, 5.41) is 3.33. The monoisotopic (exact) mass is 506 g/mol. The number of benzene rings is 1. The number of rotatable bonds is 9. The summed E-state index contributed by atoms with van der Waals surface area (Å²) in [7, 11) is -3.69. The van der Waals surface area contributed by atoms with Crippen LogP contribution in [0.4, 0.5) is 5.00 Å². The number of hydrogen-bond donors (Lipinski definition) is 1. The van der Waals surface area contributed by atoms with Gasteiger partial charge in [0.1, 0.15) is 5.00 Å². The maximum absolute atomic E-state index is 13.1. The zero-order valence-electron chi connectivity index (χ0n) is 19.8. The second-order valence-electron chi connectivity index (χ2n) is 8.45. The Morgan fingerprint density at radius 2 is 2.00 bits per heavy atom. The van der Waals surface area contributed by atoms with E-state index in [9.17, 15) is 22.8 Å². The standard InChI is InChI=1S/C24H30N2O6S2/c1-5-32-24(29)21-16(3)22(17(4)27)33-23(21)25-13-20(28)18-9-6-10-19(12-18)34(30,31)26-11-7-8-15(2)14-26/h6,9-10,12,15,25H,5,7-8,11,13-14H2,1-4H3. The van der Waals surface area contributed by atoms with Gasteiger partial charge in [-0.3, -0.25) is 9.59 Å². The molecule has 0 bridgehead atoms. The van der Waals surface area contributed by atoms with Crippen molar-refractivity contribution in [1.29, 1.82) is 0 Å². The first kappa shape index (κ1) is 26.1. The van der Waals surface area contributed by atoms with E-state index in [1.807, 2.05) is 6.92 Å². The van der Waals surface area contributed by atoms with Gasteiger partial charge >= 0.3 is 5.97 Å². The number of sulfonamides is 1. The number of hydrogen-bond acceptors (Lipinski definition) is 8. The Morgan fingerprint density at radius 1 is 1.26 bits per heavy atom. The zero-order chi connectivity index (χ0) is 25.0. The first-order valence-corrected chi connectivity index (χ1v) is 13.5. The highest BCUT2D eigenvalue weighted by atomic mass is 32.2. The molecule has 8 nitrogen and oxygen atoms in total. The number of piperidine rings is 1. The van der Waals surface area contributed by atoms with Crippen molar-refractivity contribution in [2.45, 2.75) is 45.4 Å². The van der Waals surface area contributed by atoms with E-state index in [0.717, 1.165) is 24.2 Å². The minimum Gasteiger partial charge on any atom is -0.462 e. The van der Waals surface area contributed by atoms with Crippen LogP contribution in [0, 0.1) is 12.8 Å². The molecule has 2 heterocycles. The van der Waals surface area contributed by atoms with Crippen molar-refractivity contribution in [2.24, 2.45) is 5.92 Å². The third-order valence-corrected chi connectivity index (χ3v) is 8.98. The van der Waals surface area contributed by atoms with Gasteiger partial charge in [-0.05, 0) is 57.2 Å². The minimum atomic E-state index is -3.69. The van der Waals surface area contributed by atoms with Gasteiger partial charge in [-0.15, -0.1) is 11.3 Å². The van der Waals surface area contributed by atoms with Crippen molar-refractivity contribution >= 4 is 43.9 Å². The molecule has 1 saturated heterocycles. The summed E-state index contributed by atoms with van der Waals surface area (Å²) in [6.07, 6.45) is 1.81. The second kappa shape index (κ2) is 10.8. The highest BCUT2D eigenvalue weighted by Gasteiger charge is 2.29. The van der Waals surface area contributed by atoms with Gasteiger partial charge in [0.2, 0.25) is 10.0 Å². The third kappa shape index (κ3) is 5.56. The fraction of sp³-hybridized carbons (Fsp3) is 0.458. The van der Waals surface area contributed by atoms with Crippen molar-refractivity contribution in [2.75, 3.05) is 31.6 Å². The number of anilines is 1. The molecule has 184 valence electrons. The Kier molecular flexibility index (Phi) is 8.27. The van der Waals surface area contributed by atoms with E-state index < -0.39 is 16.0 Å². The van der Waals surface area contributed by atoms with E-state index in [2.05, 4.69) is 5.32 Å². The normalized spacial score (nSPS) is 16.8. The molecule has 0 radical (unpaired) electrons. The number of nitrogens with one attached hydrogen (secondary N) is 1. The maximum Gasteiger partial charge on any atom is 0.341 e. The van der Waals surface area contributed by atoms with Gasteiger partial charge < -0.3 is 10.1 Å². The first-order chi connectivity index (χ1) is 16.1. The quantitative estimate of drug-likeness (QED) is 0.402. The topological polar surface area (TPSA) is 110 Å². The van der Waals surface area contributed by atoms with Gasteiger partial charge in [-0.25, -0.2) is 13.2 Å². The van der Waals surface area contributed by atoms with Crippen molar-refractivity contribution in [3.8, 4) is 0 Å². The summed E-state index contributed by atoms with van der Waals surface area (Å²) >= 11 is 1.10. The van der Waals surface area contributed by atoms with Gasteiger partial charge in [0.05, 0.1) is 28.5 Å². The van der Waals surface area contributed by atoms with Crippen LogP contribution >= 0.6 is 11.3 Å². The fourth-order valence-corrected chi connectivity index (χ4v) is 6.76. The molecule has 0 spiro atoms. The van der Waals surface area contributed by atoms with E-state index in [0.29, 0.717) is 34.4 Å². The number of esters is 1. The number of ketones is 2. The van der Waals surface area contributed by atoms with Crippen LogP contribution in [0.25, 0.3) is 0 Å². The maximum atomic E-state index is 13.1. The van der Waals surface area contributed by atoms with Gasteiger partial charge in [-0.2, -0.15) is 4.31 Å². The van der Waals surface area contributed by atoms with E-state index >= 15 is 0 Å². The summed E-state index contributed by atoms with van der Waals surface area (Å²) in [6.45, 7) is 7.75. The number of nitrogens with zero attached hydrogens (tertiary/aromatic N) is 1. The Morgan fingerprint density at radius 3 is 2.65 bits per heavy atom.